The summed E-state index contributed by atoms with van der Waals surface area (Å²) in [6, 6.07) is 0. The van der Waals surface area contributed by atoms with Gasteiger partial charge in [-0.1, -0.05) is 0 Å². The Morgan fingerprint density at radius 3 is 2.00 bits per heavy atom. The van der Waals surface area contributed by atoms with E-state index in [0.29, 0.717) is 0 Å². The van der Waals surface area contributed by atoms with Crippen LogP contribution in [-0.4, -0.2) is 26.4 Å². The van der Waals surface area contributed by atoms with Gasteiger partial charge in [-0.05, 0) is 0 Å². The lowest BCUT2D eigenvalue weighted by atomic mass is 10.2. The smallest absolute Gasteiger partial charge is 0.465 e. The van der Waals surface area contributed by atoms with Crippen molar-refractivity contribution >= 4 is 19.3 Å². The average Bonchev–Trinajstić information content (AvgIpc) is 2.13. The van der Waals surface area contributed by atoms with E-state index in [1.54, 1.807) is 0 Å². The van der Waals surface area contributed by atoms with E-state index in [0.717, 1.165) is 0 Å². The Morgan fingerprint density at radius 2 is 1.78 bits per heavy atom. The maximum Gasteiger partial charge on any atom is 0.792 e. The van der Waals surface area contributed by atoms with Crippen LogP contribution in [0.25, 0.3) is 0 Å². The van der Waals surface area contributed by atoms with Crippen LogP contribution in [0.5, 0.6) is 0 Å². The lowest BCUT2D eigenvalue weighted by Crippen LogP contribution is -2.17. The molecule has 1 fully saturated rings. The fourth-order valence-electron chi connectivity index (χ4n) is 0.391. The zero-order valence-electron chi connectivity index (χ0n) is 4.62. The molecule has 0 bridgehead atoms. The van der Waals surface area contributed by atoms with Gasteiger partial charge in [0.2, 0.25) is 0 Å². The zero-order chi connectivity index (χ0) is 6.85. The lowest BCUT2D eigenvalue weighted by Gasteiger charge is -1.93. The molecule has 0 aliphatic carbocycles. The molecule has 0 saturated carbocycles. The molecule has 0 aromatic rings. The molecular weight excluding hydrogens is 127 g/mol. The van der Waals surface area contributed by atoms with Crippen molar-refractivity contribution in [1.29, 1.82) is 0 Å². The highest BCUT2D eigenvalue weighted by Crippen LogP contribution is 2.01. The van der Waals surface area contributed by atoms with Crippen molar-refractivity contribution in [2.24, 2.45) is 0 Å². The standard InChI is InChI=1S/C3H3BO5/c1-7-4-8-2(5)3(6)9-4/h1H3. The van der Waals surface area contributed by atoms with Gasteiger partial charge < -0.3 is 14.0 Å². The topological polar surface area (TPSA) is 61.8 Å². The maximum absolute atomic E-state index is 10.2. The molecule has 1 heterocycles. The molecule has 0 spiro atoms. The molecule has 1 rings (SSSR count). The van der Waals surface area contributed by atoms with Gasteiger partial charge in [-0.25, -0.2) is 9.59 Å². The van der Waals surface area contributed by atoms with Gasteiger partial charge in [0.25, 0.3) is 0 Å². The Kier molecular flexibility index (Phi) is 1.39. The van der Waals surface area contributed by atoms with Crippen LogP contribution in [0.4, 0.5) is 0 Å². The first kappa shape index (κ1) is 6.09. The van der Waals surface area contributed by atoms with Crippen molar-refractivity contribution in [3.63, 3.8) is 0 Å². The lowest BCUT2D eigenvalue weighted by molar-refractivity contribution is -0.150. The van der Waals surface area contributed by atoms with Crippen LogP contribution < -0.4 is 0 Å². The van der Waals surface area contributed by atoms with Crippen LogP contribution in [0, 0.1) is 0 Å². The highest BCUT2D eigenvalue weighted by atomic mass is 16.8. The fourth-order valence-corrected chi connectivity index (χ4v) is 0.391. The predicted molar refractivity (Wildman–Crippen MR) is 24.9 cm³/mol. The van der Waals surface area contributed by atoms with Crippen molar-refractivity contribution in [2.45, 2.75) is 0 Å². The molecule has 5 nitrogen and oxygen atoms in total. The SMILES string of the molecule is COB1OC(=O)C(=O)O1. The van der Waals surface area contributed by atoms with Gasteiger partial charge in [-0.3, -0.25) is 0 Å². The molecule has 1 saturated heterocycles. The van der Waals surface area contributed by atoms with Crippen LogP contribution in [0.15, 0.2) is 0 Å². The number of carbonyl (C=O) groups is 2. The minimum absolute atomic E-state index is 1.01. The Labute approximate surface area is 51.1 Å². The Morgan fingerprint density at radius 1 is 1.33 bits per heavy atom. The molecule has 0 aromatic carbocycles. The van der Waals surface area contributed by atoms with Crippen molar-refractivity contribution in [1.82, 2.24) is 0 Å². The van der Waals surface area contributed by atoms with E-state index in [-0.39, 0.29) is 0 Å². The molecule has 0 aromatic heterocycles. The minimum Gasteiger partial charge on any atom is -0.465 e. The summed E-state index contributed by atoms with van der Waals surface area (Å²) in [6.07, 6.45) is 0. The van der Waals surface area contributed by atoms with E-state index in [1.807, 2.05) is 0 Å². The summed E-state index contributed by atoms with van der Waals surface area (Å²) in [5, 5.41) is 0. The second-order valence-corrected chi connectivity index (χ2v) is 1.33. The Balaban J connectivity index is 2.54. The Bertz CT molecular complexity index is 138. The first-order valence-corrected chi connectivity index (χ1v) is 2.18. The summed E-state index contributed by atoms with van der Waals surface area (Å²) in [6.45, 7) is 0. The summed E-state index contributed by atoms with van der Waals surface area (Å²) in [4.78, 5) is 20.3. The van der Waals surface area contributed by atoms with E-state index in [4.69, 9.17) is 0 Å². The van der Waals surface area contributed by atoms with Crippen molar-refractivity contribution < 1.29 is 23.6 Å². The summed E-state index contributed by atoms with van der Waals surface area (Å²) < 4.78 is 12.7. The van der Waals surface area contributed by atoms with E-state index in [2.05, 4.69) is 14.0 Å². The maximum atomic E-state index is 10.2. The number of hydrogen-bond acceptors (Lipinski definition) is 5. The Hall–Kier alpha value is -1.04. The van der Waals surface area contributed by atoms with Gasteiger partial charge in [0.15, 0.2) is 0 Å². The fraction of sp³-hybridized carbons (Fsp3) is 0.333. The number of hydrogen-bond donors (Lipinski definition) is 0. The highest BCUT2D eigenvalue weighted by molar-refractivity contribution is 6.55. The van der Waals surface area contributed by atoms with Crippen molar-refractivity contribution in [2.75, 3.05) is 7.11 Å². The third-order valence-electron chi connectivity index (χ3n) is 0.766. The van der Waals surface area contributed by atoms with Gasteiger partial charge in [-0.15, -0.1) is 0 Å². The molecule has 0 radical (unpaired) electrons. The van der Waals surface area contributed by atoms with Crippen LogP contribution in [0.1, 0.15) is 0 Å². The van der Waals surface area contributed by atoms with Gasteiger partial charge >= 0.3 is 19.3 Å². The van der Waals surface area contributed by atoms with Gasteiger partial charge in [0.1, 0.15) is 0 Å². The molecule has 0 N–H and O–H groups in total. The van der Waals surface area contributed by atoms with Crippen LogP contribution in [-0.2, 0) is 23.6 Å². The minimum atomic E-state index is -1.15. The summed E-state index contributed by atoms with van der Waals surface area (Å²) >= 11 is 0. The predicted octanol–water partition coefficient (Wildman–Crippen LogP) is -1.28. The third-order valence-corrected chi connectivity index (χ3v) is 0.766. The van der Waals surface area contributed by atoms with Crippen molar-refractivity contribution in [3.05, 3.63) is 0 Å². The molecule has 9 heavy (non-hydrogen) atoms. The van der Waals surface area contributed by atoms with E-state index < -0.39 is 19.3 Å². The van der Waals surface area contributed by atoms with Crippen LogP contribution >= 0.6 is 0 Å². The molecule has 6 heteroatoms. The number of rotatable bonds is 1. The van der Waals surface area contributed by atoms with E-state index >= 15 is 0 Å². The first-order chi connectivity index (χ1) is 4.24. The summed E-state index contributed by atoms with van der Waals surface area (Å²) in [7, 11) is 0.112. The molecule has 0 atom stereocenters. The third kappa shape index (κ3) is 1.02. The van der Waals surface area contributed by atoms with Gasteiger partial charge in [0.05, 0.1) is 0 Å². The van der Waals surface area contributed by atoms with Crippen molar-refractivity contribution in [3.8, 4) is 0 Å². The van der Waals surface area contributed by atoms with Gasteiger partial charge in [0, 0.05) is 7.11 Å². The number of carbonyl (C=O) groups excluding carboxylic acids is 2. The van der Waals surface area contributed by atoms with E-state index in [1.165, 1.54) is 7.11 Å². The first-order valence-electron chi connectivity index (χ1n) is 2.18. The zero-order valence-corrected chi connectivity index (χ0v) is 4.62. The molecular formula is C3H3BO5. The second-order valence-electron chi connectivity index (χ2n) is 1.33. The highest BCUT2D eigenvalue weighted by Gasteiger charge is 2.42. The van der Waals surface area contributed by atoms with E-state index in [9.17, 15) is 9.59 Å². The average molecular weight is 130 g/mol. The normalized spacial score (nSPS) is 17.7. The quantitative estimate of drug-likeness (QED) is 0.326. The molecule has 0 unspecified atom stereocenters. The summed E-state index contributed by atoms with van der Waals surface area (Å²) in [5.74, 6) is -2.02. The van der Waals surface area contributed by atoms with Gasteiger partial charge in [-0.2, -0.15) is 0 Å². The molecule has 48 valence electrons. The second kappa shape index (κ2) is 2.06. The molecule has 1 aliphatic rings. The molecule has 1 aliphatic heterocycles. The molecule has 0 amide bonds. The monoisotopic (exact) mass is 130 g/mol. The summed E-state index contributed by atoms with van der Waals surface area (Å²) in [5.41, 5.74) is 0. The van der Waals surface area contributed by atoms with Crippen LogP contribution in [0.3, 0.4) is 0 Å². The largest absolute Gasteiger partial charge is 0.792 e. The van der Waals surface area contributed by atoms with Crippen LogP contribution in [0.2, 0.25) is 0 Å².